The van der Waals surface area contributed by atoms with Crippen molar-refractivity contribution in [2.45, 2.75) is 5.08 Å². The molecule has 1 rings (SSSR count). The molecule has 0 aliphatic heterocycles. The Bertz CT molecular complexity index is 205. The summed E-state index contributed by atoms with van der Waals surface area (Å²) in [4.78, 5) is 0. The lowest BCUT2D eigenvalue weighted by molar-refractivity contribution is 0.479. The third kappa shape index (κ3) is 2.06. The summed E-state index contributed by atoms with van der Waals surface area (Å²) in [5, 5.41) is -1.05. The van der Waals surface area contributed by atoms with Crippen LogP contribution in [0.3, 0.4) is 0 Å². The molecule has 3 heteroatoms. The number of hydrogen-bond donors (Lipinski definition) is 0. The van der Waals surface area contributed by atoms with E-state index in [4.69, 9.17) is 0 Å². The number of alkyl halides is 2. The Kier molecular flexibility index (Phi) is 2.86. The minimum absolute atomic E-state index is 0.642. The van der Waals surface area contributed by atoms with Crippen LogP contribution in [-0.4, -0.2) is 0 Å². The molecule has 0 spiro atoms. The van der Waals surface area contributed by atoms with Crippen molar-refractivity contribution >= 4 is 31.9 Å². The first kappa shape index (κ1) is 8.21. The molecule has 1 aromatic rings. The van der Waals surface area contributed by atoms with Crippen LogP contribution < -0.4 is 0 Å². The molecule has 0 amide bonds. The molecule has 0 radical (unpaired) electrons. The van der Waals surface area contributed by atoms with Gasteiger partial charge in [0.15, 0.2) is 5.08 Å². The van der Waals surface area contributed by atoms with Crippen LogP contribution in [0.15, 0.2) is 28.7 Å². The number of rotatable bonds is 1. The van der Waals surface area contributed by atoms with Gasteiger partial charge in [-0.15, -0.1) is 0 Å². The minimum atomic E-state index is -1.05. The van der Waals surface area contributed by atoms with Gasteiger partial charge in [0.1, 0.15) is 0 Å². The van der Waals surface area contributed by atoms with E-state index >= 15 is 0 Å². The fourth-order valence-electron chi connectivity index (χ4n) is 0.608. The first-order valence-electron chi connectivity index (χ1n) is 2.74. The Morgan fingerprint density at radius 1 is 1.20 bits per heavy atom. The Morgan fingerprint density at radius 2 is 1.70 bits per heavy atom. The van der Waals surface area contributed by atoms with Gasteiger partial charge < -0.3 is 0 Å². The van der Waals surface area contributed by atoms with Crippen molar-refractivity contribution in [3.05, 3.63) is 34.3 Å². The standard InChI is InChI=1S/C7H5Br2F/c8-6-3-1-5(2-4-6)7(9)10/h1-4,7H/t7-/m1/s1. The SMILES string of the molecule is F[C@@H](Br)c1ccc(Br)cc1. The number of halogens is 3. The second kappa shape index (κ2) is 3.49. The van der Waals surface area contributed by atoms with Crippen LogP contribution in [0, 0.1) is 0 Å². The average Bonchev–Trinajstić information content (AvgIpc) is 1.88. The summed E-state index contributed by atoms with van der Waals surface area (Å²) >= 11 is 6.08. The molecule has 54 valence electrons. The van der Waals surface area contributed by atoms with E-state index in [1.807, 2.05) is 12.1 Å². The first-order valence-corrected chi connectivity index (χ1v) is 4.44. The Balaban J connectivity index is 2.89. The van der Waals surface area contributed by atoms with Crippen molar-refractivity contribution in [1.29, 1.82) is 0 Å². The molecule has 0 unspecified atom stereocenters. The molecule has 0 aliphatic rings. The second-order valence-corrected chi connectivity index (χ2v) is 3.57. The van der Waals surface area contributed by atoms with Gasteiger partial charge in [-0.1, -0.05) is 28.1 Å². The van der Waals surface area contributed by atoms with E-state index in [0.717, 1.165) is 4.47 Å². The van der Waals surface area contributed by atoms with Crippen LogP contribution in [0.25, 0.3) is 0 Å². The van der Waals surface area contributed by atoms with Crippen molar-refractivity contribution in [3.8, 4) is 0 Å². The summed E-state index contributed by atoms with van der Waals surface area (Å²) in [5.74, 6) is 0. The first-order chi connectivity index (χ1) is 4.70. The van der Waals surface area contributed by atoms with Crippen molar-refractivity contribution in [3.63, 3.8) is 0 Å². The summed E-state index contributed by atoms with van der Waals surface area (Å²) in [7, 11) is 0. The van der Waals surface area contributed by atoms with Crippen LogP contribution in [-0.2, 0) is 0 Å². The van der Waals surface area contributed by atoms with Crippen molar-refractivity contribution in [2.24, 2.45) is 0 Å². The highest BCUT2D eigenvalue weighted by atomic mass is 79.9. The lowest BCUT2D eigenvalue weighted by atomic mass is 10.2. The summed E-state index contributed by atoms with van der Waals surface area (Å²) in [6.45, 7) is 0. The zero-order valence-corrected chi connectivity index (χ0v) is 8.19. The Morgan fingerprint density at radius 3 is 2.10 bits per heavy atom. The number of benzene rings is 1. The van der Waals surface area contributed by atoms with E-state index in [1.165, 1.54) is 0 Å². The van der Waals surface area contributed by atoms with Crippen molar-refractivity contribution in [1.82, 2.24) is 0 Å². The van der Waals surface area contributed by atoms with E-state index < -0.39 is 5.08 Å². The molecule has 0 saturated heterocycles. The monoisotopic (exact) mass is 266 g/mol. The molecule has 0 aromatic heterocycles. The van der Waals surface area contributed by atoms with E-state index in [1.54, 1.807) is 12.1 Å². The molecule has 0 fully saturated rings. The molecule has 0 saturated carbocycles. The molecular weight excluding hydrogens is 263 g/mol. The molecule has 10 heavy (non-hydrogen) atoms. The maximum Gasteiger partial charge on any atom is 0.180 e. The van der Waals surface area contributed by atoms with Crippen LogP contribution >= 0.6 is 31.9 Å². The number of hydrogen-bond acceptors (Lipinski definition) is 0. The van der Waals surface area contributed by atoms with Crippen LogP contribution in [0.4, 0.5) is 4.39 Å². The van der Waals surface area contributed by atoms with Crippen molar-refractivity contribution in [2.75, 3.05) is 0 Å². The molecule has 0 bridgehead atoms. The van der Waals surface area contributed by atoms with Crippen LogP contribution in [0.2, 0.25) is 0 Å². The van der Waals surface area contributed by atoms with Gasteiger partial charge in [0.05, 0.1) is 0 Å². The zero-order valence-electron chi connectivity index (χ0n) is 5.02. The average molecular weight is 268 g/mol. The van der Waals surface area contributed by atoms with Crippen LogP contribution in [0.5, 0.6) is 0 Å². The summed E-state index contributed by atoms with van der Waals surface area (Å²) in [5.41, 5.74) is 0.642. The smallest absolute Gasteiger partial charge is 0.180 e. The molecule has 1 atom stereocenters. The van der Waals surface area contributed by atoms with E-state index in [0.29, 0.717) is 5.56 Å². The van der Waals surface area contributed by atoms with Gasteiger partial charge in [-0.05, 0) is 33.6 Å². The summed E-state index contributed by atoms with van der Waals surface area (Å²) in [6, 6.07) is 7.07. The summed E-state index contributed by atoms with van der Waals surface area (Å²) < 4.78 is 13.4. The van der Waals surface area contributed by atoms with Gasteiger partial charge in [0, 0.05) is 4.47 Å². The van der Waals surface area contributed by atoms with E-state index in [-0.39, 0.29) is 0 Å². The Labute approximate surface area is 75.7 Å². The molecule has 0 nitrogen and oxygen atoms in total. The molecule has 0 N–H and O–H groups in total. The topological polar surface area (TPSA) is 0 Å². The maximum atomic E-state index is 12.5. The lowest BCUT2D eigenvalue weighted by Gasteiger charge is -1.98. The zero-order chi connectivity index (χ0) is 7.56. The summed E-state index contributed by atoms with van der Waals surface area (Å²) in [6.07, 6.45) is 0. The van der Waals surface area contributed by atoms with Gasteiger partial charge in [-0.25, -0.2) is 4.39 Å². The van der Waals surface area contributed by atoms with Gasteiger partial charge in [0.25, 0.3) is 0 Å². The van der Waals surface area contributed by atoms with Gasteiger partial charge in [0.2, 0.25) is 0 Å². The third-order valence-electron chi connectivity index (χ3n) is 1.12. The fourth-order valence-corrected chi connectivity index (χ4v) is 1.18. The normalized spacial score (nSPS) is 13.1. The van der Waals surface area contributed by atoms with Gasteiger partial charge >= 0.3 is 0 Å². The largest absolute Gasteiger partial charge is 0.230 e. The molecule has 0 aliphatic carbocycles. The van der Waals surface area contributed by atoms with E-state index in [2.05, 4.69) is 31.9 Å². The van der Waals surface area contributed by atoms with Crippen LogP contribution in [0.1, 0.15) is 10.6 Å². The van der Waals surface area contributed by atoms with Gasteiger partial charge in [-0.3, -0.25) is 0 Å². The quantitative estimate of drug-likeness (QED) is 0.679. The third-order valence-corrected chi connectivity index (χ3v) is 2.18. The predicted molar refractivity (Wildman–Crippen MR) is 46.9 cm³/mol. The second-order valence-electron chi connectivity index (χ2n) is 1.85. The van der Waals surface area contributed by atoms with Gasteiger partial charge in [-0.2, -0.15) is 0 Å². The minimum Gasteiger partial charge on any atom is -0.230 e. The maximum absolute atomic E-state index is 12.5. The highest BCUT2D eigenvalue weighted by Crippen LogP contribution is 2.24. The lowest BCUT2D eigenvalue weighted by Crippen LogP contribution is -1.79. The molecule has 0 heterocycles. The fraction of sp³-hybridized carbons (Fsp3) is 0.143. The molecule has 1 aromatic carbocycles. The highest BCUT2D eigenvalue weighted by molar-refractivity contribution is 9.10. The predicted octanol–water partition coefficient (Wildman–Crippen LogP) is 3.81. The Hall–Kier alpha value is 0.110. The highest BCUT2D eigenvalue weighted by Gasteiger charge is 2.01. The van der Waals surface area contributed by atoms with Crippen molar-refractivity contribution < 1.29 is 4.39 Å². The van der Waals surface area contributed by atoms with E-state index in [9.17, 15) is 4.39 Å². The molecular formula is C7H5Br2F.